The summed E-state index contributed by atoms with van der Waals surface area (Å²) in [7, 11) is 0. The molecular weight excluding hydrogens is 466 g/mol. The third kappa shape index (κ3) is 4.73. The van der Waals surface area contributed by atoms with Crippen LogP contribution in [-0.2, 0) is 9.53 Å². The van der Waals surface area contributed by atoms with Gasteiger partial charge in [-0.2, -0.15) is 0 Å². The van der Waals surface area contributed by atoms with E-state index in [-0.39, 0.29) is 18.0 Å². The molecule has 2 bridgehead atoms. The zero-order valence-electron chi connectivity index (χ0n) is 25.4. The van der Waals surface area contributed by atoms with Crippen molar-refractivity contribution >= 4 is 5.97 Å². The second-order valence-electron chi connectivity index (χ2n) is 15.8. The summed E-state index contributed by atoms with van der Waals surface area (Å²) in [6, 6.07) is 0. The number of carbonyl (C=O) groups is 1. The Labute approximate surface area is 233 Å². The molecular formula is C35H57NO2. The molecule has 0 spiro atoms. The number of nitrogens with zero attached hydrogens (tertiary/aromatic N) is 1. The van der Waals surface area contributed by atoms with Gasteiger partial charge in [0.15, 0.2) is 0 Å². The van der Waals surface area contributed by atoms with Gasteiger partial charge < -0.3 is 9.64 Å². The maximum absolute atomic E-state index is 13.2. The molecule has 9 atom stereocenters. The van der Waals surface area contributed by atoms with Gasteiger partial charge in [0.1, 0.15) is 6.10 Å². The summed E-state index contributed by atoms with van der Waals surface area (Å²) >= 11 is 0. The average Bonchev–Trinajstić information content (AvgIpc) is 3.26. The molecule has 0 aromatic rings. The van der Waals surface area contributed by atoms with E-state index in [0.29, 0.717) is 16.7 Å². The number of hydrogen-bond acceptors (Lipinski definition) is 3. The molecule has 0 aromatic carbocycles. The van der Waals surface area contributed by atoms with E-state index in [2.05, 4.69) is 45.6 Å². The van der Waals surface area contributed by atoms with Crippen molar-refractivity contribution in [2.75, 3.05) is 19.6 Å². The quantitative estimate of drug-likeness (QED) is 0.248. The fourth-order valence-electron chi connectivity index (χ4n) is 11.2. The molecule has 3 nitrogen and oxygen atoms in total. The Balaban J connectivity index is 1.10. The van der Waals surface area contributed by atoms with Crippen LogP contribution in [0.4, 0.5) is 0 Å². The Morgan fingerprint density at radius 3 is 2.50 bits per heavy atom. The van der Waals surface area contributed by atoms with Crippen LogP contribution in [0.2, 0.25) is 0 Å². The van der Waals surface area contributed by atoms with Gasteiger partial charge >= 0.3 is 5.97 Å². The second kappa shape index (κ2) is 10.5. The summed E-state index contributed by atoms with van der Waals surface area (Å²) in [5.41, 5.74) is 2.54. The van der Waals surface area contributed by atoms with E-state index in [9.17, 15) is 4.79 Å². The first kappa shape index (κ1) is 27.3. The Morgan fingerprint density at radius 2 is 1.79 bits per heavy atom. The van der Waals surface area contributed by atoms with E-state index in [0.717, 1.165) is 54.9 Å². The first-order valence-corrected chi connectivity index (χ1v) is 16.8. The minimum atomic E-state index is 0.116. The van der Waals surface area contributed by atoms with Crippen molar-refractivity contribution in [2.24, 2.45) is 58.2 Å². The van der Waals surface area contributed by atoms with Crippen LogP contribution in [0, 0.1) is 58.2 Å². The highest BCUT2D eigenvalue weighted by molar-refractivity contribution is 5.73. The molecule has 38 heavy (non-hydrogen) atoms. The number of carbonyl (C=O) groups excluding carboxylic acids is 1. The highest BCUT2D eigenvalue weighted by Crippen LogP contribution is 2.67. The van der Waals surface area contributed by atoms with Gasteiger partial charge in [-0.25, -0.2) is 0 Å². The van der Waals surface area contributed by atoms with Gasteiger partial charge in [0.05, 0.1) is 5.92 Å². The fraction of sp³-hybridized carbons (Fsp3) is 0.914. The second-order valence-corrected chi connectivity index (χ2v) is 15.8. The lowest BCUT2D eigenvalue weighted by Gasteiger charge is -2.58. The SMILES string of the molecule is CC(C)CCC[C@@H](C)[C@H]1CC[C@H]2[C@@H]3CC=C4C[C@@H](OC(=O)C5CN6CCC5CC6)CC[C@]4(C)[C@H]3CC[C@]12C. The van der Waals surface area contributed by atoms with Crippen molar-refractivity contribution in [1.29, 1.82) is 0 Å². The minimum absolute atomic E-state index is 0.116. The smallest absolute Gasteiger partial charge is 0.310 e. The lowest BCUT2D eigenvalue weighted by molar-refractivity contribution is -0.163. The summed E-state index contributed by atoms with van der Waals surface area (Å²) in [6.45, 7) is 16.0. The number of rotatable bonds is 7. The van der Waals surface area contributed by atoms with E-state index in [1.807, 2.05) is 0 Å². The Kier molecular flexibility index (Phi) is 7.58. The number of ether oxygens (including phenoxy) is 1. The first-order chi connectivity index (χ1) is 18.2. The van der Waals surface area contributed by atoms with Gasteiger partial charge in [0.2, 0.25) is 0 Å². The van der Waals surface area contributed by atoms with Gasteiger partial charge in [-0.05, 0) is 123 Å². The van der Waals surface area contributed by atoms with Crippen LogP contribution in [0.3, 0.4) is 0 Å². The minimum Gasteiger partial charge on any atom is -0.462 e. The summed E-state index contributed by atoms with van der Waals surface area (Å²) in [4.78, 5) is 15.7. The average molecular weight is 524 g/mol. The third-order valence-corrected chi connectivity index (χ3v) is 13.5. The van der Waals surface area contributed by atoms with E-state index < -0.39 is 0 Å². The van der Waals surface area contributed by atoms with Crippen LogP contribution >= 0.6 is 0 Å². The van der Waals surface area contributed by atoms with Crippen LogP contribution in [0.15, 0.2) is 11.6 Å². The third-order valence-electron chi connectivity index (χ3n) is 13.5. The molecule has 3 saturated heterocycles. The van der Waals surface area contributed by atoms with Crippen molar-refractivity contribution in [2.45, 2.75) is 124 Å². The van der Waals surface area contributed by atoms with Crippen molar-refractivity contribution < 1.29 is 9.53 Å². The van der Waals surface area contributed by atoms with Crippen LogP contribution < -0.4 is 0 Å². The van der Waals surface area contributed by atoms with Crippen LogP contribution in [-0.4, -0.2) is 36.6 Å². The molecule has 0 radical (unpaired) electrons. The molecule has 1 unspecified atom stereocenters. The number of hydrogen-bond donors (Lipinski definition) is 0. The molecule has 214 valence electrons. The van der Waals surface area contributed by atoms with Crippen LogP contribution in [0.5, 0.6) is 0 Å². The summed E-state index contributed by atoms with van der Waals surface area (Å²) in [6.07, 6.45) is 19.8. The molecule has 0 N–H and O–H groups in total. The predicted octanol–water partition coefficient (Wildman–Crippen LogP) is 8.28. The van der Waals surface area contributed by atoms with Gasteiger partial charge in [-0.3, -0.25) is 4.79 Å². The fourth-order valence-corrected chi connectivity index (χ4v) is 11.2. The topological polar surface area (TPSA) is 29.5 Å². The Morgan fingerprint density at radius 1 is 1.00 bits per heavy atom. The number of fused-ring (bicyclic) bond motifs is 8. The maximum Gasteiger partial charge on any atom is 0.310 e. The van der Waals surface area contributed by atoms with Crippen molar-refractivity contribution in [1.82, 2.24) is 4.90 Å². The van der Waals surface area contributed by atoms with Gasteiger partial charge in [0.25, 0.3) is 0 Å². The zero-order chi connectivity index (χ0) is 26.7. The Bertz CT molecular complexity index is 902. The van der Waals surface area contributed by atoms with E-state index in [1.165, 1.54) is 83.7 Å². The van der Waals surface area contributed by atoms with Crippen LogP contribution in [0.1, 0.15) is 118 Å². The molecule has 7 aliphatic rings. The molecule has 3 saturated carbocycles. The van der Waals surface area contributed by atoms with Gasteiger partial charge in [-0.15, -0.1) is 0 Å². The van der Waals surface area contributed by atoms with E-state index >= 15 is 0 Å². The zero-order valence-corrected chi connectivity index (χ0v) is 25.4. The molecule has 0 amide bonds. The maximum atomic E-state index is 13.2. The normalized spacial score (nSPS) is 46.6. The van der Waals surface area contributed by atoms with Gasteiger partial charge in [0, 0.05) is 13.0 Å². The molecule has 3 heterocycles. The molecule has 7 rings (SSSR count). The lowest BCUT2D eigenvalue weighted by Crippen LogP contribution is -2.52. The number of piperidine rings is 3. The first-order valence-electron chi connectivity index (χ1n) is 16.8. The van der Waals surface area contributed by atoms with E-state index in [4.69, 9.17) is 4.74 Å². The number of allylic oxidation sites excluding steroid dienone is 1. The highest BCUT2D eigenvalue weighted by Gasteiger charge is 2.59. The molecule has 3 aliphatic heterocycles. The van der Waals surface area contributed by atoms with Crippen LogP contribution in [0.25, 0.3) is 0 Å². The van der Waals surface area contributed by atoms with Crippen molar-refractivity contribution in [3.63, 3.8) is 0 Å². The Hall–Kier alpha value is -0.830. The molecule has 4 aliphatic carbocycles. The summed E-state index contributed by atoms with van der Waals surface area (Å²) < 4.78 is 6.28. The lowest BCUT2D eigenvalue weighted by atomic mass is 9.47. The predicted molar refractivity (Wildman–Crippen MR) is 156 cm³/mol. The summed E-state index contributed by atoms with van der Waals surface area (Å²) in [5.74, 6) is 6.11. The number of esters is 1. The molecule has 3 heteroatoms. The molecule has 0 aromatic heterocycles. The highest BCUT2D eigenvalue weighted by atomic mass is 16.5. The largest absolute Gasteiger partial charge is 0.462 e. The van der Waals surface area contributed by atoms with Crippen molar-refractivity contribution in [3.05, 3.63) is 11.6 Å². The van der Waals surface area contributed by atoms with Gasteiger partial charge in [-0.1, -0.05) is 65.5 Å². The molecule has 6 fully saturated rings. The monoisotopic (exact) mass is 523 g/mol. The van der Waals surface area contributed by atoms with Crippen molar-refractivity contribution in [3.8, 4) is 0 Å². The standard InChI is InChI=1S/C35H57NO2/c1-23(2)7-6-8-24(3)30-11-12-31-28-10-9-26-21-27(13-17-34(26,4)32(28)14-18-35(30,31)5)38-33(37)29-22-36-19-15-25(29)16-20-36/h9,23-25,27-32H,6-8,10-22H2,1-5H3/t24-,27+,28+,29?,30-,31+,32+,34+,35-/m1/s1. The van der Waals surface area contributed by atoms with E-state index in [1.54, 1.807) is 5.57 Å². The summed E-state index contributed by atoms with van der Waals surface area (Å²) in [5, 5.41) is 0.